The summed E-state index contributed by atoms with van der Waals surface area (Å²) in [6, 6.07) is 0. The van der Waals surface area contributed by atoms with Gasteiger partial charge in [0.25, 0.3) is 0 Å². The molecule has 0 saturated carbocycles. The van der Waals surface area contributed by atoms with Gasteiger partial charge in [-0.1, -0.05) is 4.49 Å². The van der Waals surface area contributed by atoms with E-state index >= 15 is 0 Å². The van der Waals surface area contributed by atoms with Crippen molar-refractivity contribution in [3.05, 3.63) is 10.6 Å². The predicted molar refractivity (Wildman–Crippen MR) is 42.2 cm³/mol. The third kappa shape index (κ3) is 2.27. The van der Waals surface area contributed by atoms with Gasteiger partial charge in [0.05, 0.1) is 17.1 Å². The van der Waals surface area contributed by atoms with E-state index in [4.69, 9.17) is 0 Å². The molecule has 5 heteroatoms. The lowest BCUT2D eigenvalue weighted by Crippen LogP contribution is -2.18. The maximum Gasteiger partial charge on any atom is 0.217 e. The number of nitrogens with zero attached hydrogens (tertiary/aromatic N) is 2. The number of aryl methyl sites for hydroxylation is 1. The summed E-state index contributed by atoms with van der Waals surface area (Å²) in [6.45, 7) is 3.91. The zero-order valence-electron chi connectivity index (χ0n) is 6.42. The summed E-state index contributed by atoms with van der Waals surface area (Å²) in [5.41, 5.74) is 0.892. The second kappa shape index (κ2) is 3.43. The fraction of sp³-hybridized carbons (Fsp3) is 0.500. The van der Waals surface area contributed by atoms with Gasteiger partial charge in [-0.25, -0.2) is 0 Å². The Morgan fingerprint density at radius 1 is 1.73 bits per heavy atom. The van der Waals surface area contributed by atoms with Gasteiger partial charge in [-0.05, 0) is 18.5 Å². The molecule has 0 atom stereocenters. The van der Waals surface area contributed by atoms with Crippen molar-refractivity contribution < 1.29 is 4.79 Å². The Labute approximate surface area is 68.8 Å². The fourth-order valence-electron chi connectivity index (χ4n) is 0.618. The summed E-state index contributed by atoms with van der Waals surface area (Å²) in [5, 5.41) is 6.49. The van der Waals surface area contributed by atoms with Crippen molar-refractivity contribution in [2.24, 2.45) is 0 Å². The Kier molecular flexibility index (Phi) is 2.53. The summed E-state index contributed by atoms with van der Waals surface area (Å²) in [5.74, 6) is -0.0298. The Balaban J connectivity index is 2.51. The summed E-state index contributed by atoms with van der Waals surface area (Å²) < 4.78 is 3.74. The van der Waals surface area contributed by atoms with Gasteiger partial charge in [0.1, 0.15) is 0 Å². The molecule has 0 aliphatic rings. The Hall–Kier alpha value is -0.970. The molecule has 1 N–H and O–H groups in total. The molecule has 0 aliphatic heterocycles. The summed E-state index contributed by atoms with van der Waals surface area (Å²) >= 11 is 1.32. The van der Waals surface area contributed by atoms with E-state index in [1.807, 2.05) is 6.92 Å². The van der Waals surface area contributed by atoms with Crippen molar-refractivity contribution in [1.29, 1.82) is 0 Å². The van der Waals surface area contributed by atoms with E-state index in [2.05, 4.69) is 14.9 Å². The van der Waals surface area contributed by atoms with Crippen molar-refractivity contribution in [1.82, 2.24) is 14.9 Å². The number of aromatic nitrogens is 2. The number of hydrogen-bond donors (Lipinski definition) is 1. The van der Waals surface area contributed by atoms with Crippen LogP contribution in [0.15, 0.2) is 0 Å². The molecule has 0 aliphatic carbocycles. The zero-order valence-corrected chi connectivity index (χ0v) is 7.23. The molecule has 60 valence electrons. The van der Waals surface area contributed by atoms with Gasteiger partial charge >= 0.3 is 0 Å². The summed E-state index contributed by atoms with van der Waals surface area (Å²) in [6.07, 6.45) is 0. The topological polar surface area (TPSA) is 54.9 Å². The minimum absolute atomic E-state index is 0.0298. The van der Waals surface area contributed by atoms with Crippen molar-refractivity contribution in [3.8, 4) is 0 Å². The first-order valence-corrected chi connectivity index (χ1v) is 3.99. The summed E-state index contributed by atoms with van der Waals surface area (Å²) in [4.78, 5) is 11.5. The van der Waals surface area contributed by atoms with Crippen LogP contribution >= 0.6 is 11.5 Å². The van der Waals surface area contributed by atoms with E-state index in [0.29, 0.717) is 6.54 Å². The Morgan fingerprint density at radius 3 is 2.91 bits per heavy atom. The highest BCUT2D eigenvalue weighted by molar-refractivity contribution is 7.05. The largest absolute Gasteiger partial charge is 0.351 e. The number of nitrogens with one attached hydrogen (secondary N) is 1. The molecule has 0 fully saturated rings. The highest BCUT2D eigenvalue weighted by Gasteiger charge is 2.01. The molecule has 4 nitrogen and oxygen atoms in total. The highest BCUT2D eigenvalue weighted by Crippen LogP contribution is 2.07. The van der Waals surface area contributed by atoms with E-state index < -0.39 is 0 Å². The molecule has 0 bridgehead atoms. The lowest BCUT2D eigenvalue weighted by Gasteiger charge is -1.96. The maximum absolute atomic E-state index is 10.5. The second-order valence-corrected chi connectivity index (χ2v) is 3.03. The van der Waals surface area contributed by atoms with Crippen LogP contribution in [-0.4, -0.2) is 15.5 Å². The number of amides is 1. The van der Waals surface area contributed by atoms with Crippen molar-refractivity contribution in [2.45, 2.75) is 20.4 Å². The number of hydrogen-bond acceptors (Lipinski definition) is 4. The van der Waals surface area contributed by atoms with E-state index in [-0.39, 0.29) is 5.91 Å². The molecule has 0 saturated heterocycles. The van der Waals surface area contributed by atoms with Crippen LogP contribution in [0.5, 0.6) is 0 Å². The fourth-order valence-corrected chi connectivity index (χ4v) is 1.19. The standard InChI is InChI=1S/C6H9N3OS/c1-4-6(11-9-8-4)3-7-5(2)10/h3H2,1-2H3,(H,7,10). The van der Waals surface area contributed by atoms with Gasteiger partial charge in [0.15, 0.2) is 0 Å². The van der Waals surface area contributed by atoms with Crippen LogP contribution in [0.3, 0.4) is 0 Å². The van der Waals surface area contributed by atoms with E-state index in [1.165, 1.54) is 18.5 Å². The molecule has 0 radical (unpaired) electrons. The molecule has 0 unspecified atom stereocenters. The van der Waals surface area contributed by atoms with Gasteiger partial charge < -0.3 is 5.32 Å². The maximum atomic E-state index is 10.5. The van der Waals surface area contributed by atoms with Gasteiger partial charge in [-0.3, -0.25) is 4.79 Å². The SMILES string of the molecule is CC(=O)NCc1snnc1C. The van der Waals surface area contributed by atoms with Crippen molar-refractivity contribution in [3.63, 3.8) is 0 Å². The molecule has 1 amide bonds. The van der Waals surface area contributed by atoms with Gasteiger partial charge in [-0.2, -0.15) is 0 Å². The lowest BCUT2D eigenvalue weighted by atomic mass is 10.4. The zero-order chi connectivity index (χ0) is 8.27. The molecule has 1 rings (SSSR count). The smallest absolute Gasteiger partial charge is 0.217 e. The lowest BCUT2D eigenvalue weighted by molar-refractivity contribution is -0.119. The monoisotopic (exact) mass is 171 g/mol. The van der Waals surface area contributed by atoms with Crippen molar-refractivity contribution in [2.75, 3.05) is 0 Å². The average molecular weight is 171 g/mol. The van der Waals surface area contributed by atoms with Gasteiger partial charge in [-0.15, -0.1) is 5.10 Å². The van der Waals surface area contributed by atoms with Crippen LogP contribution in [0, 0.1) is 6.92 Å². The minimum atomic E-state index is -0.0298. The number of rotatable bonds is 2. The quantitative estimate of drug-likeness (QED) is 0.704. The molecule has 0 spiro atoms. The van der Waals surface area contributed by atoms with Gasteiger partial charge in [0, 0.05) is 6.92 Å². The number of carbonyl (C=O) groups is 1. The van der Waals surface area contributed by atoms with Crippen LogP contribution < -0.4 is 5.32 Å². The molecule has 11 heavy (non-hydrogen) atoms. The number of carbonyl (C=O) groups excluding carboxylic acids is 1. The van der Waals surface area contributed by atoms with E-state index in [1.54, 1.807) is 0 Å². The van der Waals surface area contributed by atoms with Crippen LogP contribution in [0.4, 0.5) is 0 Å². The molecule has 1 heterocycles. The molecule has 1 aromatic heterocycles. The Bertz CT molecular complexity index is 258. The predicted octanol–water partition coefficient (Wildman–Crippen LogP) is 0.483. The van der Waals surface area contributed by atoms with Crippen LogP contribution in [-0.2, 0) is 11.3 Å². The second-order valence-electron chi connectivity index (χ2n) is 2.19. The normalized spacial score (nSPS) is 9.64. The molecular formula is C6H9N3OS. The molecular weight excluding hydrogens is 162 g/mol. The highest BCUT2D eigenvalue weighted by atomic mass is 32.1. The Morgan fingerprint density at radius 2 is 2.45 bits per heavy atom. The van der Waals surface area contributed by atoms with Crippen molar-refractivity contribution >= 4 is 17.4 Å². The molecule has 0 aromatic carbocycles. The summed E-state index contributed by atoms with van der Waals surface area (Å²) in [7, 11) is 0. The first-order chi connectivity index (χ1) is 5.20. The van der Waals surface area contributed by atoms with Gasteiger partial charge in [0.2, 0.25) is 5.91 Å². The molecule has 1 aromatic rings. The van der Waals surface area contributed by atoms with Crippen LogP contribution in [0.25, 0.3) is 0 Å². The van der Waals surface area contributed by atoms with Crippen LogP contribution in [0.2, 0.25) is 0 Å². The van der Waals surface area contributed by atoms with E-state index in [9.17, 15) is 4.79 Å². The first kappa shape index (κ1) is 8.13. The van der Waals surface area contributed by atoms with E-state index in [0.717, 1.165) is 10.6 Å². The minimum Gasteiger partial charge on any atom is -0.351 e. The first-order valence-electron chi connectivity index (χ1n) is 3.22. The third-order valence-electron chi connectivity index (χ3n) is 1.24. The average Bonchev–Trinajstić information content (AvgIpc) is 2.31. The third-order valence-corrected chi connectivity index (χ3v) is 2.07. The van der Waals surface area contributed by atoms with Crippen LogP contribution in [0.1, 0.15) is 17.5 Å².